The molecule has 1 aromatic carbocycles. The fourth-order valence-corrected chi connectivity index (χ4v) is 2.21. The summed E-state index contributed by atoms with van der Waals surface area (Å²) < 4.78 is 18.4. The summed E-state index contributed by atoms with van der Waals surface area (Å²) in [5.74, 6) is 0.613. The van der Waals surface area contributed by atoms with Gasteiger partial charge < -0.3 is 15.0 Å². The normalized spacial score (nSPS) is 17.4. The van der Waals surface area contributed by atoms with Crippen LogP contribution in [0.3, 0.4) is 0 Å². The van der Waals surface area contributed by atoms with Crippen LogP contribution in [0.2, 0.25) is 0 Å². The molecule has 0 radical (unpaired) electrons. The van der Waals surface area contributed by atoms with Gasteiger partial charge in [0.15, 0.2) is 0 Å². The molecule has 0 saturated carbocycles. The number of nitrogens with one attached hydrogen (secondary N) is 1. The van der Waals surface area contributed by atoms with Gasteiger partial charge in [-0.1, -0.05) is 0 Å². The molecule has 88 valence electrons. The maximum atomic E-state index is 13.2. The average Bonchev–Trinajstić information content (AvgIpc) is 2.31. The zero-order valence-corrected chi connectivity index (χ0v) is 9.63. The highest BCUT2D eigenvalue weighted by molar-refractivity contribution is 5.33. The standard InChI is InChI=1S/C12H17FN2O/c1-16-12-3-2-11(13)8-10(12)9-15-6-4-14-5-7-15/h2-3,8,14H,4-7,9H2,1H3/p+2. The van der Waals surface area contributed by atoms with Crippen LogP contribution in [0.15, 0.2) is 18.2 Å². The van der Waals surface area contributed by atoms with Gasteiger partial charge in [0.2, 0.25) is 0 Å². The number of hydrogen-bond donors (Lipinski definition) is 2. The largest absolute Gasteiger partial charge is 0.496 e. The van der Waals surface area contributed by atoms with E-state index in [1.165, 1.54) is 11.0 Å². The topological polar surface area (TPSA) is 30.3 Å². The predicted molar refractivity (Wildman–Crippen MR) is 59.0 cm³/mol. The Kier molecular flexibility index (Phi) is 3.74. The molecule has 0 unspecified atom stereocenters. The Morgan fingerprint density at radius 3 is 2.81 bits per heavy atom. The zero-order valence-electron chi connectivity index (χ0n) is 9.63. The van der Waals surface area contributed by atoms with Gasteiger partial charge in [-0.15, -0.1) is 0 Å². The van der Waals surface area contributed by atoms with Gasteiger partial charge in [0.05, 0.1) is 12.7 Å². The van der Waals surface area contributed by atoms with Crippen molar-refractivity contribution < 1.29 is 19.3 Å². The van der Waals surface area contributed by atoms with Crippen molar-refractivity contribution in [2.45, 2.75) is 6.54 Å². The lowest BCUT2D eigenvalue weighted by atomic mass is 10.1. The summed E-state index contributed by atoms with van der Waals surface area (Å²) in [6.07, 6.45) is 0. The molecule has 16 heavy (non-hydrogen) atoms. The van der Waals surface area contributed by atoms with Crippen molar-refractivity contribution in [3.63, 3.8) is 0 Å². The van der Waals surface area contributed by atoms with Crippen LogP contribution in [0.1, 0.15) is 5.56 Å². The van der Waals surface area contributed by atoms with Gasteiger partial charge in [-0.2, -0.15) is 0 Å². The number of hydrogen-bond acceptors (Lipinski definition) is 1. The quantitative estimate of drug-likeness (QED) is 0.666. The van der Waals surface area contributed by atoms with Gasteiger partial charge in [0.25, 0.3) is 0 Å². The van der Waals surface area contributed by atoms with E-state index in [2.05, 4.69) is 5.32 Å². The second kappa shape index (κ2) is 5.27. The molecule has 0 aromatic heterocycles. The van der Waals surface area contributed by atoms with Crippen molar-refractivity contribution in [1.82, 2.24) is 0 Å². The summed E-state index contributed by atoms with van der Waals surface area (Å²) in [5, 5.41) is 2.33. The maximum Gasteiger partial charge on any atom is 0.127 e. The van der Waals surface area contributed by atoms with Crippen LogP contribution >= 0.6 is 0 Å². The van der Waals surface area contributed by atoms with Crippen LogP contribution in [0.4, 0.5) is 4.39 Å². The van der Waals surface area contributed by atoms with Crippen LogP contribution < -0.4 is 15.0 Å². The Morgan fingerprint density at radius 2 is 2.12 bits per heavy atom. The minimum atomic E-state index is -0.182. The summed E-state index contributed by atoms with van der Waals surface area (Å²) in [5.41, 5.74) is 0.972. The lowest BCUT2D eigenvalue weighted by Gasteiger charge is -2.22. The number of rotatable bonds is 3. The zero-order chi connectivity index (χ0) is 11.4. The molecule has 0 aliphatic carbocycles. The fraction of sp³-hybridized carbons (Fsp3) is 0.500. The molecule has 1 aliphatic heterocycles. The number of piperazine rings is 1. The Hall–Kier alpha value is -1.13. The molecule has 4 heteroatoms. The molecule has 3 nitrogen and oxygen atoms in total. The first-order valence-electron chi connectivity index (χ1n) is 5.77. The summed E-state index contributed by atoms with van der Waals surface area (Å²) in [4.78, 5) is 1.51. The second-order valence-corrected chi connectivity index (χ2v) is 4.25. The van der Waals surface area contributed by atoms with Crippen molar-refractivity contribution in [3.8, 4) is 5.75 Å². The number of halogens is 1. The van der Waals surface area contributed by atoms with E-state index in [9.17, 15) is 4.39 Å². The first kappa shape index (κ1) is 11.4. The molecule has 1 aromatic rings. The highest BCUT2D eigenvalue weighted by atomic mass is 19.1. The van der Waals surface area contributed by atoms with E-state index in [1.807, 2.05) is 0 Å². The van der Waals surface area contributed by atoms with E-state index >= 15 is 0 Å². The summed E-state index contributed by atoms with van der Waals surface area (Å²) in [6.45, 7) is 5.45. The SMILES string of the molecule is COc1ccc(F)cc1C[NH+]1CC[NH2+]CC1. The molecule has 0 bridgehead atoms. The van der Waals surface area contributed by atoms with Crippen LogP contribution in [-0.4, -0.2) is 33.3 Å². The second-order valence-electron chi connectivity index (χ2n) is 4.25. The van der Waals surface area contributed by atoms with Gasteiger partial charge in [0.1, 0.15) is 44.3 Å². The molecular formula is C12H19FN2O+2. The minimum absolute atomic E-state index is 0.182. The number of methoxy groups -OCH3 is 1. The van der Waals surface area contributed by atoms with Crippen LogP contribution in [0.25, 0.3) is 0 Å². The smallest absolute Gasteiger partial charge is 0.127 e. The predicted octanol–water partition coefficient (Wildman–Crippen LogP) is -1.20. The number of quaternary nitrogens is 2. The van der Waals surface area contributed by atoms with Gasteiger partial charge in [0, 0.05) is 0 Å². The van der Waals surface area contributed by atoms with Crippen LogP contribution in [0.5, 0.6) is 5.75 Å². The van der Waals surface area contributed by atoms with E-state index in [4.69, 9.17) is 4.74 Å². The van der Waals surface area contributed by atoms with Crippen LogP contribution in [0, 0.1) is 5.82 Å². The van der Waals surface area contributed by atoms with Gasteiger partial charge in [-0.3, -0.25) is 0 Å². The van der Waals surface area contributed by atoms with E-state index < -0.39 is 0 Å². The Labute approximate surface area is 95.2 Å². The number of benzene rings is 1. The fourth-order valence-electron chi connectivity index (χ4n) is 2.21. The Balaban J connectivity index is 2.09. The molecule has 0 spiro atoms. The molecular weight excluding hydrogens is 207 g/mol. The van der Waals surface area contributed by atoms with Gasteiger partial charge >= 0.3 is 0 Å². The highest BCUT2D eigenvalue weighted by Gasteiger charge is 2.18. The van der Waals surface area contributed by atoms with Gasteiger partial charge in [-0.05, 0) is 18.2 Å². The molecule has 1 fully saturated rings. The monoisotopic (exact) mass is 226 g/mol. The van der Waals surface area contributed by atoms with Crippen molar-refractivity contribution in [1.29, 1.82) is 0 Å². The molecule has 0 amide bonds. The molecule has 2 rings (SSSR count). The summed E-state index contributed by atoms with van der Waals surface area (Å²) in [7, 11) is 1.63. The highest BCUT2D eigenvalue weighted by Crippen LogP contribution is 2.18. The first-order chi connectivity index (χ1) is 7.79. The van der Waals surface area contributed by atoms with Crippen LogP contribution in [-0.2, 0) is 6.54 Å². The van der Waals surface area contributed by atoms with E-state index in [1.54, 1.807) is 19.2 Å². The van der Waals surface area contributed by atoms with Crippen molar-refractivity contribution in [3.05, 3.63) is 29.6 Å². The van der Waals surface area contributed by atoms with Crippen molar-refractivity contribution in [2.75, 3.05) is 33.3 Å². The molecule has 3 N–H and O–H groups in total. The third kappa shape index (κ3) is 2.71. The Bertz CT molecular complexity index is 351. The third-order valence-electron chi connectivity index (χ3n) is 3.09. The van der Waals surface area contributed by atoms with E-state index in [0.29, 0.717) is 0 Å². The van der Waals surface area contributed by atoms with Gasteiger partial charge in [-0.25, -0.2) is 4.39 Å². The van der Waals surface area contributed by atoms with Crippen molar-refractivity contribution >= 4 is 0 Å². The molecule has 1 heterocycles. The third-order valence-corrected chi connectivity index (χ3v) is 3.09. The van der Waals surface area contributed by atoms with E-state index in [0.717, 1.165) is 44.0 Å². The number of nitrogens with two attached hydrogens (primary N) is 1. The van der Waals surface area contributed by atoms with Crippen molar-refractivity contribution in [2.24, 2.45) is 0 Å². The summed E-state index contributed by atoms with van der Waals surface area (Å²) in [6, 6.07) is 4.74. The Morgan fingerprint density at radius 1 is 1.38 bits per heavy atom. The first-order valence-corrected chi connectivity index (χ1v) is 5.77. The van der Waals surface area contributed by atoms with E-state index in [-0.39, 0.29) is 5.82 Å². The minimum Gasteiger partial charge on any atom is -0.496 e. The molecule has 0 atom stereocenters. The summed E-state index contributed by atoms with van der Waals surface area (Å²) >= 11 is 0. The lowest BCUT2D eigenvalue weighted by molar-refractivity contribution is -0.958. The lowest BCUT2D eigenvalue weighted by Crippen LogP contribution is -3.19. The average molecular weight is 226 g/mol. The molecule has 1 saturated heterocycles. The molecule has 1 aliphatic rings. The number of ether oxygens (including phenoxy) is 1. The maximum absolute atomic E-state index is 13.2.